The maximum Gasteiger partial charge on any atom is 0.0663 e. The molecule has 1 N–H and O–H groups in total. The molecule has 1 heterocycles. The molecular formula is C16H33NO. The molecular weight excluding hydrogens is 222 g/mol. The van der Waals surface area contributed by atoms with E-state index >= 15 is 0 Å². The van der Waals surface area contributed by atoms with Gasteiger partial charge in [-0.3, -0.25) is 0 Å². The van der Waals surface area contributed by atoms with E-state index in [1.54, 1.807) is 0 Å². The molecule has 0 bridgehead atoms. The van der Waals surface area contributed by atoms with Gasteiger partial charge < -0.3 is 10.0 Å². The molecule has 18 heavy (non-hydrogen) atoms. The highest BCUT2D eigenvalue weighted by atomic mass is 16.3. The summed E-state index contributed by atoms with van der Waals surface area (Å²) in [6, 6.07) is 0. The van der Waals surface area contributed by atoms with Crippen LogP contribution in [-0.2, 0) is 0 Å². The zero-order valence-corrected chi connectivity index (χ0v) is 12.7. The van der Waals surface area contributed by atoms with Gasteiger partial charge in [-0.2, -0.15) is 0 Å². The normalized spacial score (nSPS) is 28.0. The molecule has 0 aliphatic carbocycles. The Morgan fingerprint density at radius 1 is 1.17 bits per heavy atom. The molecule has 2 heteroatoms. The summed E-state index contributed by atoms with van der Waals surface area (Å²) in [7, 11) is 0. The fraction of sp³-hybridized carbons (Fsp3) is 1.00. The summed E-state index contributed by atoms with van der Waals surface area (Å²) >= 11 is 0. The molecule has 1 fully saturated rings. The first-order valence-electron chi connectivity index (χ1n) is 8.08. The van der Waals surface area contributed by atoms with Crippen molar-refractivity contribution in [2.24, 2.45) is 5.92 Å². The third-order valence-electron chi connectivity index (χ3n) is 4.67. The number of rotatable bonds is 7. The van der Waals surface area contributed by atoms with E-state index in [-0.39, 0.29) is 5.60 Å². The quantitative estimate of drug-likeness (QED) is 0.747. The first-order chi connectivity index (χ1) is 8.63. The number of likely N-dealkylation sites (tertiary alicyclic amines) is 1. The van der Waals surface area contributed by atoms with E-state index in [0.29, 0.717) is 0 Å². The van der Waals surface area contributed by atoms with Crippen molar-refractivity contribution in [1.82, 2.24) is 4.90 Å². The van der Waals surface area contributed by atoms with Crippen molar-refractivity contribution in [3.05, 3.63) is 0 Å². The lowest BCUT2D eigenvalue weighted by Crippen LogP contribution is -2.33. The summed E-state index contributed by atoms with van der Waals surface area (Å²) < 4.78 is 0. The van der Waals surface area contributed by atoms with E-state index in [1.807, 2.05) is 0 Å². The number of hydrogen-bond acceptors (Lipinski definition) is 2. The molecule has 1 saturated heterocycles. The second-order valence-electron chi connectivity index (χ2n) is 6.13. The second kappa shape index (κ2) is 8.16. The van der Waals surface area contributed by atoms with E-state index in [0.717, 1.165) is 44.7 Å². The SMILES string of the molecule is CCCCC(CC)CC1(O)CCCN(CC)CC1. The van der Waals surface area contributed by atoms with Crippen LogP contribution in [0.15, 0.2) is 0 Å². The van der Waals surface area contributed by atoms with E-state index in [2.05, 4.69) is 25.7 Å². The Kier molecular flexibility index (Phi) is 7.25. The molecule has 2 unspecified atom stereocenters. The van der Waals surface area contributed by atoms with E-state index in [1.165, 1.54) is 32.2 Å². The van der Waals surface area contributed by atoms with Crippen molar-refractivity contribution in [2.45, 2.75) is 77.7 Å². The molecule has 1 aliphatic rings. The molecule has 0 aromatic heterocycles. The van der Waals surface area contributed by atoms with Crippen molar-refractivity contribution >= 4 is 0 Å². The van der Waals surface area contributed by atoms with Crippen molar-refractivity contribution in [3.8, 4) is 0 Å². The molecule has 0 amide bonds. The molecule has 2 nitrogen and oxygen atoms in total. The lowest BCUT2D eigenvalue weighted by atomic mass is 9.81. The van der Waals surface area contributed by atoms with Gasteiger partial charge in [0.15, 0.2) is 0 Å². The van der Waals surface area contributed by atoms with Crippen LogP contribution in [-0.4, -0.2) is 35.2 Å². The Morgan fingerprint density at radius 2 is 1.94 bits per heavy atom. The molecule has 108 valence electrons. The van der Waals surface area contributed by atoms with E-state index in [9.17, 15) is 5.11 Å². The average Bonchev–Trinajstić information content (AvgIpc) is 2.56. The fourth-order valence-corrected chi connectivity index (χ4v) is 3.24. The summed E-state index contributed by atoms with van der Waals surface area (Å²) in [5.41, 5.74) is -0.377. The Morgan fingerprint density at radius 3 is 2.56 bits per heavy atom. The maximum absolute atomic E-state index is 10.8. The highest BCUT2D eigenvalue weighted by molar-refractivity contribution is 4.85. The molecule has 0 aromatic carbocycles. The van der Waals surface area contributed by atoms with Crippen molar-refractivity contribution in [3.63, 3.8) is 0 Å². The highest BCUT2D eigenvalue weighted by Crippen LogP contribution is 2.32. The van der Waals surface area contributed by atoms with Crippen LogP contribution in [0.1, 0.15) is 72.1 Å². The lowest BCUT2D eigenvalue weighted by molar-refractivity contribution is -0.0000726. The van der Waals surface area contributed by atoms with Gasteiger partial charge in [0.25, 0.3) is 0 Å². The summed E-state index contributed by atoms with van der Waals surface area (Å²) in [4.78, 5) is 2.48. The van der Waals surface area contributed by atoms with Gasteiger partial charge in [0.1, 0.15) is 0 Å². The van der Waals surface area contributed by atoms with Gasteiger partial charge in [-0.05, 0) is 44.7 Å². The molecule has 0 spiro atoms. The minimum atomic E-state index is -0.377. The van der Waals surface area contributed by atoms with Crippen LogP contribution in [0.5, 0.6) is 0 Å². The van der Waals surface area contributed by atoms with Crippen LogP contribution in [0.4, 0.5) is 0 Å². The fourth-order valence-electron chi connectivity index (χ4n) is 3.24. The molecule has 0 aromatic rings. The van der Waals surface area contributed by atoms with Crippen LogP contribution in [0.25, 0.3) is 0 Å². The standard InChI is InChI=1S/C16H33NO/c1-4-7-9-15(5-2)14-16(18)10-8-12-17(6-3)13-11-16/h15,18H,4-14H2,1-3H3. The largest absolute Gasteiger partial charge is 0.390 e. The molecule has 1 aliphatic heterocycles. The number of aliphatic hydroxyl groups is 1. The summed E-state index contributed by atoms with van der Waals surface area (Å²) in [6.45, 7) is 10.1. The lowest BCUT2D eigenvalue weighted by Gasteiger charge is -2.31. The van der Waals surface area contributed by atoms with Crippen molar-refractivity contribution in [2.75, 3.05) is 19.6 Å². The van der Waals surface area contributed by atoms with Gasteiger partial charge in [-0.15, -0.1) is 0 Å². The molecule has 0 radical (unpaired) electrons. The van der Waals surface area contributed by atoms with Crippen LogP contribution in [0.3, 0.4) is 0 Å². The van der Waals surface area contributed by atoms with Gasteiger partial charge in [-0.1, -0.05) is 46.5 Å². The predicted molar refractivity (Wildman–Crippen MR) is 78.8 cm³/mol. The first-order valence-corrected chi connectivity index (χ1v) is 8.08. The molecule has 0 saturated carbocycles. The topological polar surface area (TPSA) is 23.5 Å². The summed E-state index contributed by atoms with van der Waals surface area (Å²) in [5, 5.41) is 10.8. The minimum absolute atomic E-state index is 0.377. The van der Waals surface area contributed by atoms with Crippen LogP contribution in [0.2, 0.25) is 0 Å². The van der Waals surface area contributed by atoms with Crippen LogP contribution in [0, 0.1) is 5.92 Å². The van der Waals surface area contributed by atoms with E-state index in [4.69, 9.17) is 0 Å². The predicted octanol–water partition coefficient (Wildman–Crippen LogP) is 3.83. The zero-order valence-electron chi connectivity index (χ0n) is 12.7. The van der Waals surface area contributed by atoms with Gasteiger partial charge in [0.05, 0.1) is 5.60 Å². The van der Waals surface area contributed by atoms with Gasteiger partial charge >= 0.3 is 0 Å². The van der Waals surface area contributed by atoms with Gasteiger partial charge in [0, 0.05) is 6.54 Å². The van der Waals surface area contributed by atoms with Crippen LogP contribution >= 0.6 is 0 Å². The minimum Gasteiger partial charge on any atom is -0.390 e. The Hall–Kier alpha value is -0.0800. The number of unbranched alkanes of at least 4 members (excludes halogenated alkanes) is 1. The molecule has 1 rings (SSSR count). The van der Waals surface area contributed by atoms with Gasteiger partial charge in [0.2, 0.25) is 0 Å². The average molecular weight is 255 g/mol. The smallest absolute Gasteiger partial charge is 0.0663 e. The monoisotopic (exact) mass is 255 g/mol. The third-order valence-corrected chi connectivity index (χ3v) is 4.67. The highest BCUT2D eigenvalue weighted by Gasteiger charge is 2.31. The Balaban J connectivity index is 2.46. The van der Waals surface area contributed by atoms with Crippen LogP contribution < -0.4 is 0 Å². The molecule has 2 atom stereocenters. The summed E-state index contributed by atoms with van der Waals surface area (Å²) in [5.74, 6) is 0.725. The van der Waals surface area contributed by atoms with Gasteiger partial charge in [-0.25, -0.2) is 0 Å². The zero-order chi connectivity index (χ0) is 13.4. The second-order valence-corrected chi connectivity index (χ2v) is 6.13. The first kappa shape index (κ1) is 16.0. The maximum atomic E-state index is 10.8. The Labute approximate surface area is 114 Å². The number of nitrogens with zero attached hydrogens (tertiary/aromatic N) is 1. The third kappa shape index (κ3) is 5.27. The number of hydrogen-bond donors (Lipinski definition) is 1. The Bertz CT molecular complexity index is 219. The van der Waals surface area contributed by atoms with E-state index < -0.39 is 0 Å². The van der Waals surface area contributed by atoms with Crippen molar-refractivity contribution in [1.29, 1.82) is 0 Å². The van der Waals surface area contributed by atoms with Crippen molar-refractivity contribution < 1.29 is 5.11 Å². The summed E-state index contributed by atoms with van der Waals surface area (Å²) in [6.07, 6.45) is 9.28.